The molecule has 0 saturated carbocycles. The van der Waals surface area contributed by atoms with Gasteiger partial charge in [0, 0.05) is 30.7 Å². The van der Waals surface area contributed by atoms with Gasteiger partial charge in [-0.3, -0.25) is 19.7 Å². The van der Waals surface area contributed by atoms with Crippen molar-refractivity contribution >= 4 is 42.2 Å². The molecule has 1 aromatic heterocycles. The van der Waals surface area contributed by atoms with Crippen molar-refractivity contribution in [1.82, 2.24) is 9.91 Å². The van der Waals surface area contributed by atoms with Gasteiger partial charge in [-0.15, -0.1) is 12.4 Å². The molecule has 1 fully saturated rings. The van der Waals surface area contributed by atoms with Gasteiger partial charge in [0.2, 0.25) is 5.91 Å². The summed E-state index contributed by atoms with van der Waals surface area (Å²) >= 11 is 0. The molecule has 0 aliphatic carbocycles. The Balaban J connectivity index is 0.00000300. The predicted molar refractivity (Wildman–Crippen MR) is 103 cm³/mol. The largest absolute Gasteiger partial charge is 0.455 e. The van der Waals surface area contributed by atoms with Crippen molar-refractivity contribution in [3.8, 4) is 11.3 Å². The van der Waals surface area contributed by atoms with Gasteiger partial charge < -0.3 is 10.2 Å². The summed E-state index contributed by atoms with van der Waals surface area (Å²) in [5, 5.41) is 15.4. The van der Waals surface area contributed by atoms with Crippen LogP contribution in [0, 0.1) is 10.1 Å². The van der Waals surface area contributed by atoms with E-state index in [-0.39, 0.29) is 37.6 Å². The fourth-order valence-corrected chi connectivity index (χ4v) is 2.51. The lowest BCUT2D eigenvalue weighted by Crippen LogP contribution is -2.38. The zero-order valence-electron chi connectivity index (χ0n) is 14.9. The molecule has 2 heterocycles. The quantitative estimate of drug-likeness (QED) is 0.322. The number of hydrogen-bond donors (Lipinski definition) is 1. The van der Waals surface area contributed by atoms with E-state index < -0.39 is 22.8 Å². The van der Waals surface area contributed by atoms with Crippen LogP contribution < -0.4 is 5.73 Å². The van der Waals surface area contributed by atoms with E-state index in [1.165, 1.54) is 18.3 Å². The normalized spacial score (nSPS) is 13.8. The summed E-state index contributed by atoms with van der Waals surface area (Å²) in [4.78, 5) is 46.5. The zero-order valence-corrected chi connectivity index (χ0v) is 15.7. The van der Waals surface area contributed by atoms with Crippen molar-refractivity contribution in [2.24, 2.45) is 10.8 Å². The van der Waals surface area contributed by atoms with E-state index >= 15 is 0 Å². The number of urea groups is 1. The summed E-state index contributed by atoms with van der Waals surface area (Å²) in [6, 6.07) is 8.17. The van der Waals surface area contributed by atoms with Crippen molar-refractivity contribution in [3.05, 3.63) is 52.3 Å². The number of amides is 4. The second kappa shape index (κ2) is 9.08. The molecule has 3 rings (SSSR count). The first-order valence-corrected chi connectivity index (χ1v) is 8.16. The molecular weight excluding hydrogens is 406 g/mol. The van der Waals surface area contributed by atoms with Crippen LogP contribution in [-0.4, -0.2) is 52.0 Å². The fourth-order valence-electron chi connectivity index (χ4n) is 2.51. The number of nitro groups is 1. The number of benzene rings is 1. The molecule has 0 unspecified atom stereocenters. The van der Waals surface area contributed by atoms with Gasteiger partial charge in [0.15, 0.2) is 0 Å². The average Bonchev–Trinajstić information content (AvgIpc) is 3.24. The number of imide groups is 3. The lowest BCUT2D eigenvalue weighted by molar-refractivity contribution is -0.384. The Hall–Kier alpha value is -3.57. The van der Waals surface area contributed by atoms with Gasteiger partial charge in [0.25, 0.3) is 11.6 Å². The van der Waals surface area contributed by atoms with Gasteiger partial charge in [-0.1, -0.05) is 0 Å². The lowest BCUT2D eigenvalue weighted by atomic mass is 10.1. The number of non-ortho nitro benzene ring substituents is 1. The van der Waals surface area contributed by atoms with Crippen molar-refractivity contribution in [3.63, 3.8) is 0 Å². The highest BCUT2D eigenvalue weighted by atomic mass is 35.5. The van der Waals surface area contributed by atoms with Gasteiger partial charge in [0.1, 0.15) is 18.1 Å². The number of carbonyl (C=O) groups excluding carboxylic acids is 3. The monoisotopic (exact) mass is 421 g/mol. The Morgan fingerprint density at radius 3 is 2.55 bits per heavy atom. The Morgan fingerprint density at radius 1 is 1.24 bits per heavy atom. The van der Waals surface area contributed by atoms with Crippen LogP contribution in [-0.2, 0) is 9.59 Å². The molecule has 29 heavy (non-hydrogen) atoms. The summed E-state index contributed by atoms with van der Waals surface area (Å²) < 4.78 is 5.57. The molecular formula is C17H16ClN5O6. The van der Waals surface area contributed by atoms with Gasteiger partial charge in [-0.2, -0.15) is 10.0 Å². The van der Waals surface area contributed by atoms with E-state index in [4.69, 9.17) is 10.2 Å². The molecule has 2 aromatic rings. The Labute approximate surface area is 170 Å². The maximum Gasteiger partial charge on any atom is 0.354 e. The second-order valence-corrected chi connectivity index (χ2v) is 5.75. The van der Waals surface area contributed by atoms with Crippen LogP contribution in [0.5, 0.6) is 0 Å². The summed E-state index contributed by atoms with van der Waals surface area (Å²) in [6.07, 6.45) is 1.11. The van der Waals surface area contributed by atoms with Crippen molar-refractivity contribution in [1.29, 1.82) is 0 Å². The van der Waals surface area contributed by atoms with E-state index in [2.05, 4.69) is 5.10 Å². The minimum absolute atomic E-state index is 0. The van der Waals surface area contributed by atoms with Crippen LogP contribution in [0.3, 0.4) is 0 Å². The van der Waals surface area contributed by atoms with E-state index in [1.807, 2.05) is 0 Å². The first-order valence-electron chi connectivity index (χ1n) is 8.16. The molecule has 4 amide bonds. The van der Waals surface area contributed by atoms with Crippen LogP contribution >= 0.6 is 12.4 Å². The molecule has 152 valence electrons. The maximum atomic E-state index is 12.1. The molecule has 2 N–H and O–H groups in total. The van der Waals surface area contributed by atoms with Crippen LogP contribution in [0.4, 0.5) is 10.5 Å². The minimum Gasteiger partial charge on any atom is -0.455 e. The molecule has 1 aliphatic heterocycles. The van der Waals surface area contributed by atoms with E-state index in [0.29, 0.717) is 22.0 Å². The summed E-state index contributed by atoms with van der Waals surface area (Å²) in [6.45, 7) is -0.335. The summed E-state index contributed by atoms with van der Waals surface area (Å²) in [5.41, 5.74) is 5.85. The Kier molecular flexibility index (Phi) is 6.80. The molecule has 1 saturated heterocycles. The highest BCUT2D eigenvalue weighted by Gasteiger charge is 2.40. The zero-order chi connectivity index (χ0) is 20.3. The molecule has 1 aliphatic rings. The topological polar surface area (TPSA) is 152 Å². The van der Waals surface area contributed by atoms with Crippen LogP contribution in [0.2, 0.25) is 0 Å². The SMILES string of the molecule is Cl.NCCC(=O)N1C(=O)CN(N=Cc2ccc(-c3ccc([N+](=O)[O-])cc3)o2)C1=O. The lowest BCUT2D eigenvalue weighted by Gasteiger charge is -2.11. The molecule has 0 radical (unpaired) electrons. The van der Waals surface area contributed by atoms with Crippen molar-refractivity contribution in [2.75, 3.05) is 13.1 Å². The van der Waals surface area contributed by atoms with Gasteiger partial charge in [0.05, 0.1) is 11.1 Å². The number of hydrazone groups is 1. The number of nitrogens with two attached hydrogens (primary N) is 1. The number of carbonyl (C=O) groups is 3. The third-order valence-corrected chi connectivity index (χ3v) is 3.87. The number of furan rings is 1. The second-order valence-electron chi connectivity index (χ2n) is 5.75. The van der Waals surface area contributed by atoms with Crippen LogP contribution in [0.25, 0.3) is 11.3 Å². The molecule has 1 aromatic carbocycles. The summed E-state index contributed by atoms with van der Waals surface area (Å²) in [5.74, 6) is -0.611. The maximum absolute atomic E-state index is 12.1. The predicted octanol–water partition coefficient (Wildman–Crippen LogP) is 1.75. The molecule has 12 heteroatoms. The average molecular weight is 422 g/mol. The van der Waals surface area contributed by atoms with Crippen molar-refractivity contribution in [2.45, 2.75) is 6.42 Å². The number of hydrogen-bond acceptors (Lipinski definition) is 8. The number of rotatable bonds is 6. The third kappa shape index (κ3) is 4.65. The first kappa shape index (κ1) is 21.7. The number of halogens is 1. The fraction of sp³-hybridized carbons (Fsp3) is 0.176. The summed E-state index contributed by atoms with van der Waals surface area (Å²) in [7, 11) is 0. The van der Waals surface area contributed by atoms with Gasteiger partial charge >= 0.3 is 6.03 Å². The standard InChI is InChI=1S/C17H15N5O6.ClH/c18-8-7-15(23)21-16(24)10-20(17(21)25)19-9-13-5-6-14(28-13)11-1-3-12(4-2-11)22(26)27;/h1-6,9H,7-8,10,18H2;1H. The molecule has 0 bridgehead atoms. The van der Waals surface area contributed by atoms with Gasteiger partial charge in [-0.25, -0.2) is 9.80 Å². The highest BCUT2D eigenvalue weighted by Crippen LogP contribution is 2.24. The Morgan fingerprint density at radius 2 is 1.93 bits per heavy atom. The van der Waals surface area contributed by atoms with Crippen molar-refractivity contribution < 1.29 is 23.7 Å². The van der Waals surface area contributed by atoms with Gasteiger partial charge in [-0.05, 0) is 24.3 Å². The Bertz CT molecular complexity index is 971. The molecule has 11 nitrogen and oxygen atoms in total. The molecule has 0 atom stereocenters. The van der Waals surface area contributed by atoms with E-state index in [0.717, 1.165) is 5.01 Å². The smallest absolute Gasteiger partial charge is 0.354 e. The highest BCUT2D eigenvalue weighted by molar-refractivity contribution is 6.15. The minimum atomic E-state index is -0.846. The van der Waals surface area contributed by atoms with E-state index in [1.54, 1.807) is 24.3 Å². The number of nitrogens with zero attached hydrogens (tertiary/aromatic N) is 4. The molecule has 0 spiro atoms. The van der Waals surface area contributed by atoms with Crippen LogP contribution in [0.1, 0.15) is 12.2 Å². The van der Waals surface area contributed by atoms with E-state index in [9.17, 15) is 24.5 Å². The van der Waals surface area contributed by atoms with Crippen LogP contribution in [0.15, 0.2) is 45.9 Å². The first-order chi connectivity index (χ1) is 13.4. The number of nitro benzene ring substituents is 1. The third-order valence-electron chi connectivity index (χ3n) is 3.87.